The largest absolute Gasteiger partial charge is 0.488 e. The van der Waals surface area contributed by atoms with E-state index < -0.39 is 29.6 Å². The number of nitrogens with one attached hydrogen (secondary N) is 2. The fourth-order valence-electron chi connectivity index (χ4n) is 5.05. The second kappa shape index (κ2) is 10.8. The molecule has 0 spiro atoms. The van der Waals surface area contributed by atoms with Gasteiger partial charge in [0.05, 0.1) is 17.7 Å². The molecule has 0 unspecified atom stereocenters. The van der Waals surface area contributed by atoms with Crippen molar-refractivity contribution in [3.63, 3.8) is 0 Å². The van der Waals surface area contributed by atoms with Crippen molar-refractivity contribution >= 4 is 34.5 Å². The highest BCUT2D eigenvalue weighted by Crippen LogP contribution is 2.37. The first-order valence-electron chi connectivity index (χ1n) is 12.3. The van der Waals surface area contributed by atoms with E-state index in [4.69, 9.17) is 9.94 Å². The molecule has 39 heavy (non-hydrogen) atoms. The van der Waals surface area contributed by atoms with Gasteiger partial charge in [0.25, 0.3) is 11.8 Å². The zero-order valence-electron chi connectivity index (χ0n) is 20.8. The number of hydrogen-bond donors (Lipinski definition) is 4. The normalized spacial score (nSPS) is 18.5. The molecule has 0 saturated carbocycles. The highest BCUT2D eigenvalue weighted by Gasteiger charge is 2.54. The summed E-state index contributed by atoms with van der Waals surface area (Å²) in [7, 11) is 0. The molecule has 1 aliphatic heterocycles. The number of hydrogen-bond acceptors (Lipinski definition) is 6. The van der Waals surface area contributed by atoms with Crippen molar-refractivity contribution in [2.45, 2.75) is 24.5 Å². The monoisotopic (exact) mass is 526 g/mol. The number of aromatic nitrogens is 1. The third-order valence-corrected chi connectivity index (χ3v) is 6.86. The van der Waals surface area contributed by atoms with Gasteiger partial charge in [-0.3, -0.25) is 24.7 Å². The van der Waals surface area contributed by atoms with E-state index in [1.54, 1.807) is 42.0 Å². The fourth-order valence-corrected chi connectivity index (χ4v) is 5.05. The van der Waals surface area contributed by atoms with Gasteiger partial charge in [0.15, 0.2) is 0 Å². The zero-order valence-corrected chi connectivity index (χ0v) is 20.8. The number of fused-ring (bicyclic) bond motifs is 1. The number of pyridine rings is 1. The van der Waals surface area contributed by atoms with Crippen LogP contribution in [0.2, 0.25) is 0 Å². The molecule has 4 aromatic rings. The van der Waals surface area contributed by atoms with Crippen LogP contribution >= 0.6 is 0 Å². The lowest BCUT2D eigenvalue weighted by atomic mass is 9.86. The third-order valence-electron chi connectivity index (χ3n) is 6.86. The molecule has 2 heterocycles. The number of likely N-dealkylation sites (tertiary alicyclic amines) is 1. The van der Waals surface area contributed by atoms with Gasteiger partial charge >= 0.3 is 6.09 Å². The van der Waals surface area contributed by atoms with Crippen LogP contribution < -0.4 is 15.5 Å². The number of carbonyl (C=O) groups is 3. The maximum Gasteiger partial charge on any atom is 0.408 e. The molecule has 0 bridgehead atoms. The van der Waals surface area contributed by atoms with Crippen molar-refractivity contribution in [1.29, 1.82) is 0 Å². The lowest BCUT2D eigenvalue weighted by Gasteiger charge is -2.35. The first-order valence-corrected chi connectivity index (χ1v) is 12.3. The summed E-state index contributed by atoms with van der Waals surface area (Å²) in [4.78, 5) is 43.8. The average molecular weight is 527 g/mol. The van der Waals surface area contributed by atoms with Gasteiger partial charge < -0.3 is 15.2 Å². The van der Waals surface area contributed by atoms with E-state index in [1.165, 1.54) is 12.1 Å². The van der Waals surface area contributed by atoms with Crippen LogP contribution in [-0.4, -0.2) is 56.3 Å². The van der Waals surface area contributed by atoms with E-state index in [2.05, 4.69) is 10.3 Å². The summed E-state index contributed by atoms with van der Waals surface area (Å²) in [5.74, 6) is -0.747. The van der Waals surface area contributed by atoms with Crippen molar-refractivity contribution in [1.82, 2.24) is 15.4 Å². The molecule has 3 amide bonds. The summed E-state index contributed by atoms with van der Waals surface area (Å²) >= 11 is 0. The Morgan fingerprint density at radius 1 is 0.974 bits per heavy atom. The molecule has 1 saturated heterocycles. The summed E-state index contributed by atoms with van der Waals surface area (Å²) in [5, 5.41) is 22.9. The molecule has 2 atom stereocenters. The SMILES string of the molecule is O=C(NO)c1ccc(O[C@H]2CN(C(=O)O)[C@](Cc3ccccc3)(C(=O)Nc3cccc4cccnc34)C2)cc1. The summed E-state index contributed by atoms with van der Waals surface area (Å²) < 4.78 is 6.10. The lowest BCUT2D eigenvalue weighted by molar-refractivity contribution is -0.125. The second-order valence-corrected chi connectivity index (χ2v) is 9.33. The summed E-state index contributed by atoms with van der Waals surface area (Å²) in [6, 6.07) is 24.4. The van der Waals surface area contributed by atoms with Crippen molar-refractivity contribution in [3.05, 3.63) is 102 Å². The van der Waals surface area contributed by atoms with E-state index in [9.17, 15) is 19.5 Å². The molecule has 10 heteroatoms. The first-order chi connectivity index (χ1) is 18.9. The van der Waals surface area contributed by atoms with Gasteiger partial charge in [0.2, 0.25) is 0 Å². The summed E-state index contributed by atoms with van der Waals surface area (Å²) in [6.07, 6.45) is -0.00988. The van der Waals surface area contributed by atoms with Crippen LogP contribution in [0.15, 0.2) is 91.1 Å². The number of anilines is 1. The number of nitrogens with zero attached hydrogens (tertiary/aromatic N) is 2. The van der Waals surface area contributed by atoms with E-state index in [0.717, 1.165) is 15.8 Å². The number of hydroxylamine groups is 1. The minimum Gasteiger partial charge on any atom is -0.488 e. The minimum absolute atomic E-state index is 0.0394. The standard InChI is InChI=1S/C29H26N4O6/c34-26(32-38)21-11-13-22(14-12-21)39-23-17-29(33(18-23)28(36)37,16-19-6-2-1-3-7-19)27(35)31-24-10-4-8-20-9-5-15-30-25(20)24/h1-15,23,38H,16-18H2,(H,31,35)(H,32,34)(H,36,37)/t23-,29+/m1/s1. The first kappa shape index (κ1) is 25.7. The molecule has 0 aliphatic carbocycles. The van der Waals surface area contributed by atoms with Gasteiger partial charge in [0.1, 0.15) is 17.4 Å². The Labute approximate surface area is 223 Å². The third kappa shape index (κ3) is 5.23. The maximum atomic E-state index is 14.1. The van der Waals surface area contributed by atoms with Crippen molar-refractivity contribution in [3.8, 4) is 5.75 Å². The summed E-state index contributed by atoms with van der Waals surface area (Å²) in [6.45, 7) is -0.0394. The van der Waals surface area contributed by atoms with E-state index in [-0.39, 0.29) is 24.9 Å². The van der Waals surface area contributed by atoms with Gasteiger partial charge in [0, 0.05) is 30.0 Å². The highest BCUT2D eigenvalue weighted by atomic mass is 16.5. The second-order valence-electron chi connectivity index (χ2n) is 9.33. The average Bonchev–Trinajstić information content (AvgIpc) is 3.33. The molecule has 5 rings (SSSR count). The molecule has 1 aliphatic rings. The van der Waals surface area contributed by atoms with Crippen LogP contribution in [0.5, 0.6) is 5.75 Å². The van der Waals surface area contributed by atoms with Gasteiger partial charge in [-0.15, -0.1) is 0 Å². The van der Waals surface area contributed by atoms with Gasteiger partial charge in [-0.1, -0.05) is 48.5 Å². The topological polar surface area (TPSA) is 141 Å². The predicted octanol–water partition coefficient (Wildman–Crippen LogP) is 4.11. The Hall–Kier alpha value is -4.96. The Bertz CT molecular complexity index is 1510. The Kier molecular flexibility index (Phi) is 7.11. The van der Waals surface area contributed by atoms with Crippen LogP contribution in [0.1, 0.15) is 22.3 Å². The lowest BCUT2D eigenvalue weighted by Crippen LogP contribution is -2.56. The number of rotatable bonds is 7. The highest BCUT2D eigenvalue weighted by molar-refractivity contribution is 6.05. The number of carbonyl (C=O) groups excluding carboxylic acids is 2. The molecule has 198 valence electrons. The summed E-state index contributed by atoms with van der Waals surface area (Å²) in [5.41, 5.74) is 2.21. The Morgan fingerprint density at radius 2 is 1.72 bits per heavy atom. The zero-order chi connectivity index (χ0) is 27.4. The Morgan fingerprint density at radius 3 is 2.44 bits per heavy atom. The van der Waals surface area contributed by atoms with Crippen molar-refractivity contribution in [2.24, 2.45) is 0 Å². The van der Waals surface area contributed by atoms with Crippen LogP contribution in [-0.2, 0) is 11.2 Å². The minimum atomic E-state index is -1.47. The molecule has 3 aromatic carbocycles. The number of para-hydroxylation sites is 1. The Balaban J connectivity index is 1.48. The van der Waals surface area contributed by atoms with E-state index in [0.29, 0.717) is 17.0 Å². The van der Waals surface area contributed by atoms with Gasteiger partial charge in [-0.2, -0.15) is 0 Å². The smallest absolute Gasteiger partial charge is 0.408 e. The molecular weight excluding hydrogens is 500 g/mol. The van der Waals surface area contributed by atoms with E-state index >= 15 is 0 Å². The fraction of sp³-hybridized carbons (Fsp3) is 0.172. The molecule has 4 N–H and O–H groups in total. The van der Waals surface area contributed by atoms with Crippen molar-refractivity contribution in [2.75, 3.05) is 11.9 Å². The van der Waals surface area contributed by atoms with E-state index in [1.807, 2.05) is 42.5 Å². The molecule has 1 aromatic heterocycles. The van der Waals surface area contributed by atoms with Crippen LogP contribution in [0, 0.1) is 0 Å². The number of ether oxygens (including phenoxy) is 1. The molecular formula is C29H26N4O6. The van der Waals surface area contributed by atoms with Crippen LogP contribution in [0.4, 0.5) is 10.5 Å². The van der Waals surface area contributed by atoms with Crippen LogP contribution in [0.3, 0.4) is 0 Å². The molecule has 10 nitrogen and oxygen atoms in total. The predicted molar refractivity (Wildman–Crippen MR) is 143 cm³/mol. The molecule has 0 radical (unpaired) electrons. The molecule has 1 fully saturated rings. The van der Waals surface area contributed by atoms with Gasteiger partial charge in [-0.25, -0.2) is 10.3 Å². The number of carboxylic acid groups (broad SMARTS) is 1. The van der Waals surface area contributed by atoms with Crippen LogP contribution in [0.25, 0.3) is 10.9 Å². The van der Waals surface area contributed by atoms with Gasteiger partial charge in [-0.05, 0) is 42.0 Å². The number of benzene rings is 3. The van der Waals surface area contributed by atoms with Crippen molar-refractivity contribution < 1.29 is 29.4 Å². The maximum absolute atomic E-state index is 14.1. The number of amides is 3. The quantitative estimate of drug-likeness (QED) is 0.210.